The minimum atomic E-state index is -0.0484. The molecule has 0 aromatic carbocycles. The van der Waals surface area contributed by atoms with Crippen LogP contribution in [-0.2, 0) is 4.74 Å². The van der Waals surface area contributed by atoms with E-state index >= 15 is 0 Å². The van der Waals surface area contributed by atoms with Crippen LogP contribution >= 0.6 is 0 Å². The molecular formula is C32H50N2O. The largest absolute Gasteiger partial charge is 0.359 e. The topological polar surface area (TPSA) is 15.7 Å². The van der Waals surface area contributed by atoms with E-state index in [0.717, 1.165) is 30.1 Å². The molecule has 194 valence electrons. The van der Waals surface area contributed by atoms with Crippen molar-refractivity contribution < 1.29 is 4.74 Å². The van der Waals surface area contributed by atoms with Gasteiger partial charge in [-0.25, -0.2) is 0 Å². The zero-order valence-corrected chi connectivity index (χ0v) is 23.4. The summed E-state index contributed by atoms with van der Waals surface area (Å²) < 4.78 is 7.43. The highest BCUT2D eigenvalue weighted by atomic mass is 16.5. The van der Waals surface area contributed by atoms with Crippen LogP contribution < -0.4 is 0 Å². The molecule has 1 saturated carbocycles. The molecule has 0 radical (unpaired) electrons. The first-order valence-electron chi connectivity index (χ1n) is 14.8. The standard InChI is InChI=1S/C32H50N2O/c1-22(7-8-24-14-18-34(6)21-23(24)2)28-11-12-29-30(28,3)15-13-26-19-25-9-10-27(33(4)5)20-31(25)16-17-32(26,29)35-31/h9-10,13,19,22-24,27-29H,7-8,11-12,14-18,20-21H2,1-6H3/t22?,23?,24?,27-,28-,29-,30-,31-,32-/m1/s1. The summed E-state index contributed by atoms with van der Waals surface area (Å²) in [5, 5.41) is 0. The number of likely N-dealkylation sites (N-methyl/N-ethyl adjacent to an activating group) is 1. The lowest BCUT2D eigenvalue weighted by Crippen LogP contribution is -2.54. The Morgan fingerprint density at radius 2 is 2.00 bits per heavy atom. The molecule has 35 heavy (non-hydrogen) atoms. The summed E-state index contributed by atoms with van der Waals surface area (Å²) in [6, 6.07) is 0.487. The average Bonchev–Trinajstić information content (AvgIpc) is 3.33. The Balaban J connectivity index is 1.21. The monoisotopic (exact) mass is 478 g/mol. The van der Waals surface area contributed by atoms with Gasteiger partial charge in [0.1, 0.15) is 0 Å². The molecule has 6 rings (SSSR count). The van der Waals surface area contributed by atoms with Gasteiger partial charge in [-0.1, -0.05) is 51.5 Å². The minimum absolute atomic E-state index is 0.0184. The quantitative estimate of drug-likeness (QED) is 0.450. The van der Waals surface area contributed by atoms with Gasteiger partial charge < -0.3 is 14.5 Å². The van der Waals surface area contributed by atoms with Crippen LogP contribution in [0.2, 0.25) is 0 Å². The van der Waals surface area contributed by atoms with Gasteiger partial charge >= 0.3 is 0 Å². The fourth-order valence-corrected chi connectivity index (χ4v) is 9.88. The Kier molecular flexibility index (Phi) is 5.98. The summed E-state index contributed by atoms with van der Waals surface area (Å²) in [5.41, 5.74) is 3.31. The fourth-order valence-electron chi connectivity index (χ4n) is 9.88. The average molecular weight is 479 g/mol. The molecule has 2 bridgehead atoms. The highest BCUT2D eigenvalue weighted by Crippen LogP contribution is 2.68. The van der Waals surface area contributed by atoms with Crippen molar-refractivity contribution in [3.05, 3.63) is 35.5 Å². The summed E-state index contributed by atoms with van der Waals surface area (Å²) in [5.74, 6) is 4.13. The van der Waals surface area contributed by atoms with E-state index in [1.165, 1.54) is 75.6 Å². The van der Waals surface area contributed by atoms with E-state index in [9.17, 15) is 0 Å². The number of hydrogen-bond donors (Lipinski definition) is 0. The summed E-state index contributed by atoms with van der Waals surface area (Å²) in [4.78, 5) is 4.89. The molecule has 6 aliphatic rings. The molecule has 2 spiro atoms. The predicted molar refractivity (Wildman–Crippen MR) is 145 cm³/mol. The van der Waals surface area contributed by atoms with Gasteiger partial charge in [0.25, 0.3) is 0 Å². The van der Waals surface area contributed by atoms with Gasteiger partial charge in [-0.15, -0.1) is 0 Å². The van der Waals surface area contributed by atoms with E-state index in [-0.39, 0.29) is 11.2 Å². The van der Waals surface area contributed by atoms with Gasteiger partial charge in [0.05, 0.1) is 11.2 Å². The lowest BCUT2D eigenvalue weighted by atomic mass is 9.57. The number of likely N-dealkylation sites (tertiary alicyclic amines) is 1. The van der Waals surface area contributed by atoms with Crippen molar-refractivity contribution in [3.8, 4) is 0 Å². The van der Waals surface area contributed by atoms with Gasteiger partial charge in [-0.3, -0.25) is 0 Å². The Morgan fingerprint density at radius 1 is 1.17 bits per heavy atom. The number of rotatable bonds is 5. The molecule has 9 atom stereocenters. The number of hydrogen-bond acceptors (Lipinski definition) is 3. The van der Waals surface area contributed by atoms with Crippen molar-refractivity contribution in [2.75, 3.05) is 34.2 Å². The molecule has 3 nitrogen and oxygen atoms in total. The highest BCUT2D eigenvalue weighted by Gasteiger charge is 2.66. The first-order valence-corrected chi connectivity index (χ1v) is 14.8. The second-order valence-corrected chi connectivity index (χ2v) is 14.1. The third kappa shape index (κ3) is 3.69. The van der Waals surface area contributed by atoms with Crippen LogP contribution in [0, 0.1) is 35.0 Å². The van der Waals surface area contributed by atoms with Crippen LogP contribution in [0.15, 0.2) is 35.5 Å². The number of piperidine rings is 1. The van der Waals surface area contributed by atoms with Crippen molar-refractivity contribution in [1.29, 1.82) is 0 Å². The Labute approximate surface area is 215 Å². The molecule has 3 heterocycles. The molecule has 3 aliphatic carbocycles. The summed E-state index contributed by atoms with van der Waals surface area (Å²) >= 11 is 0. The SMILES string of the molecule is CC1CN(C)CCC1CCC(C)[C@H]1CC[C@@H]2[C@]1(C)CC=C1C=C3C=C[C@@H](N(C)C)C[C@]34CC[C@@]12O4. The first kappa shape index (κ1) is 24.4. The second kappa shape index (κ2) is 8.57. The van der Waals surface area contributed by atoms with E-state index in [1.807, 2.05) is 0 Å². The summed E-state index contributed by atoms with van der Waals surface area (Å²) in [6.07, 6.45) is 21.8. The van der Waals surface area contributed by atoms with E-state index in [4.69, 9.17) is 4.74 Å². The van der Waals surface area contributed by atoms with Crippen molar-refractivity contribution >= 4 is 0 Å². The predicted octanol–water partition coefficient (Wildman–Crippen LogP) is 6.47. The van der Waals surface area contributed by atoms with Crippen LogP contribution in [0.1, 0.15) is 78.6 Å². The lowest BCUT2D eigenvalue weighted by Gasteiger charge is -2.54. The first-order chi connectivity index (χ1) is 16.7. The second-order valence-electron chi connectivity index (χ2n) is 14.1. The van der Waals surface area contributed by atoms with Gasteiger partial charge in [0, 0.05) is 12.6 Å². The number of fused-ring (bicyclic) bond motifs is 1. The van der Waals surface area contributed by atoms with Gasteiger partial charge in [-0.2, -0.15) is 0 Å². The maximum absolute atomic E-state index is 7.43. The van der Waals surface area contributed by atoms with Gasteiger partial charge in [-0.05, 0) is 125 Å². The zero-order chi connectivity index (χ0) is 24.6. The lowest BCUT2D eigenvalue weighted by molar-refractivity contribution is -0.136. The molecular weight excluding hydrogens is 428 g/mol. The van der Waals surface area contributed by atoms with Crippen LogP contribution in [0.4, 0.5) is 0 Å². The van der Waals surface area contributed by atoms with E-state index in [2.05, 4.69) is 76.0 Å². The van der Waals surface area contributed by atoms with Crippen LogP contribution in [-0.4, -0.2) is 61.3 Å². The molecule has 0 aromatic heterocycles. The molecule has 3 heteroatoms. The Hall–Kier alpha value is -0.900. The van der Waals surface area contributed by atoms with Crippen molar-refractivity contribution in [2.45, 2.75) is 95.8 Å². The van der Waals surface area contributed by atoms with E-state index < -0.39 is 0 Å². The smallest absolute Gasteiger partial charge is 0.0975 e. The Morgan fingerprint density at radius 3 is 2.77 bits per heavy atom. The van der Waals surface area contributed by atoms with Crippen molar-refractivity contribution in [3.63, 3.8) is 0 Å². The minimum Gasteiger partial charge on any atom is -0.359 e. The van der Waals surface area contributed by atoms with Crippen molar-refractivity contribution in [1.82, 2.24) is 9.80 Å². The fraction of sp³-hybridized carbons (Fsp3) is 0.812. The molecule has 3 unspecified atom stereocenters. The maximum Gasteiger partial charge on any atom is 0.0975 e. The Bertz CT molecular complexity index is 934. The van der Waals surface area contributed by atoms with Crippen LogP contribution in [0.3, 0.4) is 0 Å². The third-order valence-electron chi connectivity index (χ3n) is 12.0. The van der Waals surface area contributed by atoms with Crippen LogP contribution in [0.25, 0.3) is 0 Å². The molecule has 3 aliphatic heterocycles. The van der Waals surface area contributed by atoms with Gasteiger partial charge in [0.15, 0.2) is 0 Å². The molecule has 3 fully saturated rings. The number of ether oxygens (including phenoxy) is 1. The van der Waals surface area contributed by atoms with Crippen molar-refractivity contribution in [2.24, 2.45) is 35.0 Å². The van der Waals surface area contributed by atoms with Gasteiger partial charge in [0.2, 0.25) is 0 Å². The summed E-state index contributed by atoms with van der Waals surface area (Å²) in [6.45, 7) is 10.3. The zero-order valence-electron chi connectivity index (χ0n) is 23.4. The normalized spacial score (nSPS) is 47.7. The number of allylic oxidation sites excluding steroid dienone is 1. The summed E-state index contributed by atoms with van der Waals surface area (Å²) in [7, 11) is 6.72. The third-order valence-corrected chi connectivity index (χ3v) is 12.0. The highest BCUT2D eigenvalue weighted by molar-refractivity contribution is 5.51. The molecule has 0 amide bonds. The maximum atomic E-state index is 7.43. The molecule has 2 saturated heterocycles. The van der Waals surface area contributed by atoms with E-state index in [1.54, 1.807) is 0 Å². The number of nitrogens with zero attached hydrogens (tertiary/aromatic N) is 2. The molecule has 0 aromatic rings. The van der Waals surface area contributed by atoms with Crippen LogP contribution in [0.5, 0.6) is 0 Å². The van der Waals surface area contributed by atoms with E-state index in [0.29, 0.717) is 17.4 Å². The molecule has 0 N–H and O–H groups in total.